The zero-order chi connectivity index (χ0) is 15.6. The minimum atomic E-state index is -0.707. The SMILES string of the molecule is Cc1cnccc1NC(=O)NC1(CO)CCc2ccccc21. The van der Waals surface area contributed by atoms with E-state index in [9.17, 15) is 9.90 Å². The van der Waals surface area contributed by atoms with Gasteiger partial charge in [-0.1, -0.05) is 24.3 Å². The third-order valence-electron chi connectivity index (χ3n) is 4.25. The number of carbonyl (C=O) groups excluding carboxylic acids is 1. The zero-order valence-electron chi connectivity index (χ0n) is 12.5. The molecule has 3 N–H and O–H groups in total. The Hall–Kier alpha value is -2.40. The molecule has 114 valence electrons. The van der Waals surface area contributed by atoms with E-state index in [1.807, 2.05) is 31.2 Å². The Labute approximate surface area is 129 Å². The predicted octanol–water partition coefficient (Wildman–Crippen LogP) is 2.35. The van der Waals surface area contributed by atoms with Gasteiger partial charge >= 0.3 is 6.03 Å². The number of hydrogen-bond acceptors (Lipinski definition) is 3. The molecule has 3 rings (SSSR count). The van der Waals surface area contributed by atoms with Crippen molar-refractivity contribution in [3.05, 3.63) is 59.4 Å². The van der Waals surface area contributed by atoms with E-state index < -0.39 is 5.54 Å². The van der Waals surface area contributed by atoms with Crippen LogP contribution in [-0.2, 0) is 12.0 Å². The fourth-order valence-electron chi connectivity index (χ4n) is 3.01. The molecule has 2 amide bonds. The van der Waals surface area contributed by atoms with Crippen LogP contribution in [0.25, 0.3) is 0 Å². The molecule has 1 unspecified atom stereocenters. The van der Waals surface area contributed by atoms with Crippen LogP contribution in [0.5, 0.6) is 0 Å². The molecule has 1 aliphatic rings. The first-order chi connectivity index (χ1) is 10.6. The van der Waals surface area contributed by atoms with E-state index in [-0.39, 0.29) is 12.6 Å². The fourth-order valence-corrected chi connectivity index (χ4v) is 3.01. The number of anilines is 1. The normalized spacial score (nSPS) is 19.5. The van der Waals surface area contributed by atoms with E-state index in [1.54, 1.807) is 18.5 Å². The van der Waals surface area contributed by atoms with Crippen LogP contribution in [-0.4, -0.2) is 22.7 Å². The summed E-state index contributed by atoms with van der Waals surface area (Å²) in [7, 11) is 0. The van der Waals surface area contributed by atoms with Crippen molar-refractivity contribution in [1.29, 1.82) is 0 Å². The van der Waals surface area contributed by atoms with Gasteiger partial charge in [-0.3, -0.25) is 4.98 Å². The van der Waals surface area contributed by atoms with Gasteiger partial charge in [0.25, 0.3) is 0 Å². The highest BCUT2D eigenvalue weighted by molar-refractivity contribution is 5.90. The number of aliphatic hydroxyl groups is 1. The molecule has 0 radical (unpaired) electrons. The summed E-state index contributed by atoms with van der Waals surface area (Å²) in [6, 6.07) is 9.35. The van der Waals surface area contributed by atoms with Crippen LogP contribution in [0.3, 0.4) is 0 Å². The zero-order valence-corrected chi connectivity index (χ0v) is 12.5. The molecule has 5 heteroatoms. The maximum absolute atomic E-state index is 12.3. The van der Waals surface area contributed by atoms with Crippen molar-refractivity contribution in [3.63, 3.8) is 0 Å². The van der Waals surface area contributed by atoms with Crippen molar-refractivity contribution in [2.75, 3.05) is 11.9 Å². The molecule has 2 aromatic rings. The Morgan fingerprint density at radius 2 is 2.18 bits per heavy atom. The number of nitrogens with zero attached hydrogens (tertiary/aromatic N) is 1. The van der Waals surface area contributed by atoms with Gasteiger partial charge in [0.2, 0.25) is 0 Å². The third kappa shape index (κ3) is 2.55. The highest BCUT2D eigenvalue weighted by Crippen LogP contribution is 2.36. The number of aliphatic hydroxyl groups excluding tert-OH is 1. The second-order valence-corrected chi connectivity index (χ2v) is 5.67. The Kier molecular flexibility index (Phi) is 3.81. The third-order valence-corrected chi connectivity index (χ3v) is 4.25. The van der Waals surface area contributed by atoms with Gasteiger partial charge in [0, 0.05) is 18.1 Å². The Morgan fingerprint density at radius 3 is 2.95 bits per heavy atom. The van der Waals surface area contributed by atoms with Crippen LogP contribution in [0, 0.1) is 6.92 Å². The number of amides is 2. The Bertz CT molecular complexity index is 702. The molecule has 0 aliphatic heterocycles. The average Bonchev–Trinajstić information content (AvgIpc) is 2.89. The van der Waals surface area contributed by atoms with Crippen LogP contribution in [0.1, 0.15) is 23.1 Å². The average molecular weight is 297 g/mol. The second-order valence-electron chi connectivity index (χ2n) is 5.67. The molecule has 1 aromatic carbocycles. The van der Waals surface area contributed by atoms with E-state index in [0.29, 0.717) is 12.1 Å². The van der Waals surface area contributed by atoms with Crippen molar-refractivity contribution in [1.82, 2.24) is 10.3 Å². The van der Waals surface area contributed by atoms with Crippen molar-refractivity contribution in [2.24, 2.45) is 0 Å². The Balaban J connectivity index is 1.80. The molecule has 22 heavy (non-hydrogen) atoms. The van der Waals surface area contributed by atoms with Gasteiger partial charge < -0.3 is 15.7 Å². The number of pyridine rings is 1. The number of urea groups is 1. The summed E-state index contributed by atoms with van der Waals surface area (Å²) in [5, 5.41) is 15.7. The van der Waals surface area contributed by atoms with Crippen molar-refractivity contribution >= 4 is 11.7 Å². The maximum Gasteiger partial charge on any atom is 0.320 e. The van der Waals surface area contributed by atoms with Crippen LogP contribution >= 0.6 is 0 Å². The lowest BCUT2D eigenvalue weighted by Gasteiger charge is -2.29. The number of benzene rings is 1. The van der Waals surface area contributed by atoms with Gasteiger partial charge in [-0.15, -0.1) is 0 Å². The monoisotopic (exact) mass is 297 g/mol. The van der Waals surface area contributed by atoms with Crippen LogP contribution in [0.2, 0.25) is 0 Å². The van der Waals surface area contributed by atoms with Gasteiger partial charge in [-0.2, -0.15) is 0 Å². The van der Waals surface area contributed by atoms with Gasteiger partial charge in [-0.05, 0) is 42.5 Å². The molecule has 1 heterocycles. The van der Waals surface area contributed by atoms with E-state index in [2.05, 4.69) is 15.6 Å². The maximum atomic E-state index is 12.3. The minimum Gasteiger partial charge on any atom is -0.394 e. The first-order valence-corrected chi connectivity index (χ1v) is 7.34. The molecule has 0 saturated carbocycles. The van der Waals surface area contributed by atoms with Crippen molar-refractivity contribution < 1.29 is 9.90 Å². The first kappa shape index (κ1) is 14.5. The topological polar surface area (TPSA) is 74.2 Å². The smallest absolute Gasteiger partial charge is 0.320 e. The Morgan fingerprint density at radius 1 is 1.36 bits per heavy atom. The second kappa shape index (κ2) is 5.77. The standard InChI is InChI=1S/C17H19N3O2/c1-12-10-18-9-7-15(12)19-16(22)20-17(11-21)8-6-13-4-2-3-5-14(13)17/h2-5,7,9-10,21H,6,8,11H2,1H3,(H2,18,19,20,22). The lowest BCUT2D eigenvalue weighted by molar-refractivity contribution is 0.164. The van der Waals surface area contributed by atoms with Gasteiger partial charge in [0.1, 0.15) is 0 Å². The summed E-state index contributed by atoms with van der Waals surface area (Å²) < 4.78 is 0. The predicted molar refractivity (Wildman–Crippen MR) is 84.7 cm³/mol. The summed E-state index contributed by atoms with van der Waals surface area (Å²) in [5.74, 6) is 0. The number of hydrogen-bond donors (Lipinski definition) is 3. The fraction of sp³-hybridized carbons (Fsp3) is 0.294. The van der Waals surface area contributed by atoms with E-state index in [1.165, 1.54) is 5.56 Å². The van der Waals surface area contributed by atoms with E-state index >= 15 is 0 Å². The molecule has 1 aliphatic carbocycles. The lowest BCUT2D eigenvalue weighted by atomic mass is 9.93. The number of nitrogens with one attached hydrogen (secondary N) is 2. The molecule has 0 fully saturated rings. The van der Waals surface area contributed by atoms with Crippen LogP contribution in [0.15, 0.2) is 42.7 Å². The van der Waals surface area contributed by atoms with Crippen LogP contribution in [0.4, 0.5) is 10.5 Å². The highest BCUT2D eigenvalue weighted by Gasteiger charge is 2.39. The number of aryl methyl sites for hydroxylation is 2. The molecule has 0 bridgehead atoms. The molecular weight excluding hydrogens is 278 g/mol. The molecule has 5 nitrogen and oxygen atoms in total. The van der Waals surface area contributed by atoms with Crippen molar-refractivity contribution in [3.8, 4) is 0 Å². The van der Waals surface area contributed by atoms with Gasteiger partial charge in [-0.25, -0.2) is 4.79 Å². The number of fused-ring (bicyclic) bond motifs is 1. The van der Waals surface area contributed by atoms with Crippen LogP contribution < -0.4 is 10.6 Å². The summed E-state index contributed by atoms with van der Waals surface area (Å²) in [6.45, 7) is 1.77. The summed E-state index contributed by atoms with van der Waals surface area (Å²) >= 11 is 0. The molecule has 0 spiro atoms. The lowest BCUT2D eigenvalue weighted by Crippen LogP contribution is -2.49. The summed E-state index contributed by atoms with van der Waals surface area (Å²) in [5.41, 5.74) is 3.08. The number of carbonyl (C=O) groups is 1. The molecular formula is C17H19N3O2. The number of rotatable bonds is 3. The van der Waals surface area contributed by atoms with Crippen molar-refractivity contribution in [2.45, 2.75) is 25.3 Å². The molecule has 0 saturated heterocycles. The molecule has 1 aromatic heterocycles. The summed E-state index contributed by atoms with van der Waals surface area (Å²) in [6.07, 6.45) is 4.88. The molecule has 1 atom stereocenters. The van der Waals surface area contributed by atoms with Gasteiger partial charge in [0.15, 0.2) is 0 Å². The first-order valence-electron chi connectivity index (χ1n) is 7.34. The summed E-state index contributed by atoms with van der Waals surface area (Å²) in [4.78, 5) is 16.3. The van der Waals surface area contributed by atoms with E-state index in [0.717, 1.165) is 17.5 Å². The number of aromatic nitrogens is 1. The van der Waals surface area contributed by atoms with E-state index in [4.69, 9.17) is 0 Å². The van der Waals surface area contributed by atoms with Gasteiger partial charge in [0.05, 0.1) is 12.1 Å². The highest BCUT2D eigenvalue weighted by atomic mass is 16.3. The quantitative estimate of drug-likeness (QED) is 0.814. The largest absolute Gasteiger partial charge is 0.394 e. The minimum absolute atomic E-state index is 0.118.